The van der Waals surface area contributed by atoms with Crippen molar-refractivity contribution in [3.8, 4) is 0 Å². The van der Waals surface area contributed by atoms with E-state index in [1.807, 2.05) is 30.3 Å². The maximum absolute atomic E-state index is 12.1. The lowest BCUT2D eigenvalue weighted by atomic mass is 9.99. The van der Waals surface area contributed by atoms with Crippen LogP contribution in [0.1, 0.15) is 31.2 Å². The topological polar surface area (TPSA) is 58.4 Å². The van der Waals surface area contributed by atoms with Crippen LogP contribution in [0.3, 0.4) is 0 Å². The van der Waals surface area contributed by atoms with Gasteiger partial charge in [0.1, 0.15) is 0 Å². The number of carbonyl (C=O) groups is 1. The van der Waals surface area contributed by atoms with E-state index < -0.39 is 0 Å². The van der Waals surface area contributed by atoms with E-state index in [1.165, 1.54) is 25.8 Å². The Hall–Kier alpha value is -1.81. The van der Waals surface area contributed by atoms with Crippen LogP contribution in [-0.4, -0.2) is 36.0 Å². The highest BCUT2D eigenvalue weighted by Crippen LogP contribution is 2.27. The molecule has 0 radical (unpaired) electrons. The highest BCUT2D eigenvalue weighted by Gasteiger charge is 2.35. The summed E-state index contributed by atoms with van der Waals surface area (Å²) < 4.78 is 0. The Morgan fingerprint density at radius 2 is 2.00 bits per heavy atom. The molecule has 112 valence electrons. The van der Waals surface area contributed by atoms with E-state index in [0.29, 0.717) is 12.1 Å². The number of fused-ring (bicyclic) bond motifs is 1. The predicted octanol–water partition coefficient (Wildman–Crippen LogP) is 2.02. The van der Waals surface area contributed by atoms with Gasteiger partial charge in [-0.1, -0.05) is 18.6 Å². The SMILES string of the molecule is Nc1ccc(/C=C/C(=O)NC2CCN3CCCCC23)cc1. The lowest BCUT2D eigenvalue weighted by molar-refractivity contribution is -0.117. The fraction of sp³-hybridized carbons (Fsp3) is 0.471. The molecular formula is C17H23N3O. The highest BCUT2D eigenvalue weighted by atomic mass is 16.1. The van der Waals surface area contributed by atoms with E-state index in [9.17, 15) is 4.79 Å². The molecule has 0 saturated carbocycles. The lowest BCUT2D eigenvalue weighted by Gasteiger charge is -2.32. The maximum Gasteiger partial charge on any atom is 0.244 e. The van der Waals surface area contributed by atoms with Gasteiger partial charge in [-0.25, -0.2) is 0 Å². The fourth-order valence-electron chi connectivity index (χ4n) is 3.43. The Balaban J connectivity index is 1.55. The van der Waals surface area contributed by atoms with Gasteiger partial charge in [-0.05, 0) is 49.6 Å². The summed E-state index contributed by atoms with van der Waals surface area (Å²) >= 11 is 0. The molecular weight excluding hydrogens is 262 g/mol. The van der Waals surface area contributed by atoms with Crippen molar-refractivity contribution in [2.45, 2.75) is 37.8 Å². The molecule has 4 heteroatoms. The standard InChI is InChI=1S/C17H23N3O/c18-14-7-4-13(5-8-14)6-9-17(21)19-15-10-12-20-11-2-1-3-16(15)20/h4-9,15-16H,1-3,10-12,18H2,(H,19,21)/b9-6+. The van der Waals surface area contributed by atoms with E-state index >= 15 is 0 Å². The summed E-state index contributed by atoms with van der Waals surface area (Å²) in [4.78, 5) is 14.6. The monoisotopic (exact) mass is 285 g/mol. The molecule has 2 heterocycles. The number of nitrogens with one attached hydrogen (secondary N) is 1. The zero-order valence-electron chi connectivity index (χ0n) is 12.3. The van der Waals surface area contributed by atoms with E-state index in [2.05, 4.69) is 10.2 Å². The number of nitrogens with two attached hydrogens (primary N) is 1. The van der Waals surface area contributed by atoms with Crippen LogP contribution in [0.2, 0.25) is 0 Å². The molecule has 0 aromatic heterocycles. The van der Waals surface area contributed by atoms with Crippen molar-refractivity contribution >= 4 is 17.7 Å². The molecule has 21 heavy (non-hydrogen) atoms. The third-order valence-electron chi connectivity index (χ3n) is 4.55. The Morgan fingerprint density at radius 3 is 2.81 bits per heavy atom. The van der Waals surface area contributed by atoms with Crippen LogP contribution in [0.4, 0.5) is 5.69 Å². The summed E-state index contributed by atoms with van der Waals surface area (Å²) in [7, 11) is 0. The molecule has 3 N–H and O–H groups in total. The first-order valence-electron chi connectivity index (χ1n) is 7.80. The molecule has 1 aromatic carbocycles. The largest absolute Gasteiger partial charge is 0.399 e. The van der Waals surface area contributed by atoms with Crippen molar-refractivity contribution in [3.63, 3.8) is 0 Å². The minimum atomic E-state index is 0.00393. The van der Waals surface area contributed by atoms with E-state index in [4.69, 9.17) is 5.73 Å². The van der Waals surface area contributed by atoms with Gasteiger partial charge >= 0.3 is 0 Å². The van der Waals surface area contributed by atoms with Crippen molar-refractivity contribution in [2.24, 2.45) is 0 Å². The number of nitrogen functional groups attached to an aromatic ring is 1. The van der Waals surface area contributed by atoms with Crippen LogP contribution in [-0.2, 0) is 4.79 Å². The molecule has 2 aliphatic heterocycles. The molecule has 2 aliphatic rings. The third-order valence-corrected chi connectivity index (χ3v) is 4.55. The van der Waals surface area contributed by atoms with Gasteiger partial charge in [0.05, 0.1) is 0 Å². The number of amides is 1. The number of hydrogen-bond acceptors (Lipinski definition) is 3. The van der Waals surface area contributed by atoms with Gasteiger partial charge in [0, 0.05) is 30.4 Å². The summed E-state index contributed by atoms with van der Waals surface area (Å²) in [5, 5.41) is 3.17. The van der Waals surface area contributed by atoms with E-state index in [-0.39, 0.29) is 5.91 Å². The molecule has 2 saturated heterocycles. The van der Waals surface area contributed by atoms with Crippen LogP contribution in [0.5, 0.6) is 0 Å². The number of piperidine rings is 1. The lowest BCUT2D eigenvalue weighted by Crippen LogP contribution is -2.46. The van der Waals surface area contributed by atoms with E-state index in [0.717, 1.165) is 24.2 Å². The second-order valence-corrected chi connectivity index (χ2v) is 6.00. The average Bonchev–Trinajstić information content (AvgIpc) is 2.90. The normalized spacial score (nSPS) is 25.9. The molecule has 4 nitrogen and oxygen atoms in total. The summed E-state index contributed by atoms with van der Waals surface area (Å²) in [6.45, 7) is 2.32. The van der Waals surface area contributed by atoms with Gasteiger partial charge in [0.2, 0.25) is 5.91 Å². The number of benzene rings is 1. The smallest absolute Gasteiger partial charge is 0.244 e. The number of rotatable bonds is 3. The number of anilines is 1. The third kappa shape index (κ3) is 3.45. The minimum Gasteiger partial charge on any atom is -0.399 e. The molecule has 2 atom stereocenters. The quantitative estimate of drug-likeness (QED) is 0.660. The van der Waals surface area contributed by atoms with Crippen molar-refractivity contribution in [1.29, 1.82) is 0 Å². The molecule has 2 fully saturated rings. The Morgan fingerprint density at radius 1 is 1.19 bits per heavy atom. The van der Waals surface area contributed by atoms with Crippen LogP contribution < -0.4 is 11.1 Å². The second-order valence-electron chi connectivity index (χ2n) is 6.00. The fourth-order valence-corrected chi connectivity index (χ4v) is 3.43. The van der Waals surface area contributed by atoms with Gasteiger partial charge in [-0.2, -0.15) is 0 Å². The van der Waals surface area contributed by atoms with Gasteiger partial charge in [0.25, 0.3) is 0 Å². The summed E-state index contributed by atoms with van der Waals surface area (Å²) in [5.74, 6) is 0.00393. The highest BCUT2D eigenvalue weighted by molar-refractivity contribution is 5.92. The molecule has 0 spiro atoms. The maximum atomic E-state index is 12.1. The number of carbonyl (C=O) groups excluding carboxylic acids is 1. The van der Waals surface area contributed by atoms with Gasteiger partial charge in [0.15, 0.2) is 0 Å². The minimum absolute atomic E-state index is 0.00393. The van der Waals surface area contributed by atoms with Crippen molar-refractivity contribution in [3.05, 3.63) is 35.9 Å². The predicted molar refractivity (Wildman–Crippen MR) is 85.6 cm³/mol. The van der Waals surface area contributed by atoms with Crippen molar-refractivity contribution in [1.82, 2.24) is 10.2 Å². The van der Waals surface area contributed by atoms with Crippen molar-refractivity contribution in [2.75, 3.05) is 18.8 Å². The second kappa shape index (κ2) is 6.31. The van der Waals surface area contributed by atoms with E-state index in [1.54, 1.807) is 6.08 Å². The zero-order chi connectivity index (χ0) is 14.7. The molecule has 1 aromatic rings. The van der Waals surface area contributed by atoms with Crippen molar-refractivity contribution < 1.29 is 4.79 Å². The first-order valence-corrected chi connectivity index (χ1v) is 7.80. The van der Waals surface area contributed by atoms with Crippen LogP contribution >= 0.6 is 0 Å². The summed E-state index contributed by atoms with van der Waals surface area (Å²) in [6.07, 6.45) is 8.33. The molecule has 1 amide bonds. The molecule has 0 aliphatic carbocycles. The first-order chi connectivity index (χ1) is 10.2. The zero-order valence-corrected chi connectivity index (χ0v) is 12.3. The number of hydrogen-bond donors (Lipinski definition) is 2. The van der Waals surface area contributed by atoms with Crippen LogP contribution in [0.15, 0.2) is 30.3 Å². The Bertz CT molecular complexity index is 523. The molecule has 0 bridgehead atoms. The van der Waals surface area contributed by atoms with Gasteiger partial charge in [-0.3, -0.25) is 9.69 Å². The van der Waals surface area contributed by atoms with Crippen LogP contribution in [0.25, 0.3) is 6.08 Å². The van der Waals surface area contributed by atoms with Crippen LogP contribution in [0, 0.1) is 0 Å². The average molecular weight is 285 g/mol. The Kier molecular flexibility index (Phi) is 4.25. The first kappa shape index (κ1) is 14.1. The summed E-state index contributed by atoms with van der Waals surface area (Å²) in [5.41, 5.74) is 7.37. The van der Waals surface area contributed by atoms with Gasteiger partial charge < -0.3 is 11.1 Å². The molecule has 2 unspecified atom stereocenters. The summed E-state index contributed by atoms with van der Waals surface area (Å²) in [6, 6.07) is 8.37. The number of nitrogens with zero attached hydrogens (tertiary/aromatic N) is 1. The Labute approximate surface area is 126 Å². The molecule has 3 rings (SSSR count). The van der Waals surface area contributed by atoms with Gasteiger partial charge in [-0.15, -0.1) is 0 Å².